The van der Waals surface area contributed by atoms with Gasteiger partial charge >= 0.3 is 6.03 Å². The highest BCUT2D eigenvalue weighted by Gasteiger charge is 2.50. The van der Waals surface area contributed by atoms with E-state index in [1.807, 2.05) is 20.8 Å². The monoisotopic (exact) mass is 707 g/mol. The fourth-order valence-electron chi connectivity index (χ4n) is 8.18. The van der Waals surface area contributed by atoms with Crippen LogP contribution in [0.5, 0.6) is 0 Å². The fraction of sp³-hybridized carbons (Fsp3) is 0.861. The third-order valence-corrected chi connectivity index (χ3v) is 14.3. The van der Waals surface area contributed by atoms with Gasteiger partial charge in [0.2, 0.25) is 17.6 Å². The predicted molar refractivity (Wildman–Crippen MR) is 188 cm³/mol. The number of amides is 5. The van der Waals surface area contributed by atoms with Crippen LogP contribution in [0.25, 0.3) is 0 Å². The lowest BCUT2D eigenvalue weighted by Gasteiger charge is -2.41. The van der Waals surface area contributed by atoms with Gasteiger partial charge in [-0.05, 0) is 82.5 Å². The zero-order valence-corrected chi connectivity index (χ0v) is 31.4. The van der Waals surface area contributed by atoms with E-state index in [0.29, 0.717) is 32.2 Å². The summed E-state index contributed by atoms with van der Waals surface area (Å²) < 4.78 is 25.8. The fourth-order valence-corrected chi connectivity index (χ4v) is 9.70. The summed E-state index contributed by atoms with van der Waals surface area (Å²) in [6, 6.07) is -3.44. The molecule has 0 aromatic heterocycles. The van der Waals surface area contributed by atoms with Crippen LogP contribution in [0.1, 0.15) is 131 Å². The molecule has 278 valence electrons. The molecule has 5 amide bonds. The Morgan fingerprint density at radius 3 is 1.96 bits per heavy atom. The first-order valence-electron chi connectivity index (χ1n) is 18.5. The molecule has 0 radical (unpaired) electrons. The van der Waals surface area contributed by atoms with Crippen molar-refractivity contribution in [2.45, 2.75) is 160 Å². The lowest BCUT2D eigenvalue weighted by atomic mass is 9.75. The van der Waals surface area contributed by atoms with E-state index in [4.69, 9.17) is 5.73 Å². The number of Topliss-reactive ketones (excluding diaryl/α,β-unsaturated/α-hetero) is 1. The summed E-state index contributed by atoms with van der Waals surface area (Å²) >= 11 is 0. The van der Waals surface area contributed by atoms with E-state index in [-0.39, 0.29) is 34.8 Å². The first-order valence-corrected chi connectivity index (χ1v) is 20.2. The number of rotatable bonds is 12. The van der Waals surface area contributed by atoms with Crippen LogP contribution >= 0.6 is 0 Å². The molecule has 4 aliphatic rings. The molecule has 4 rings (SSSR count). The molecule has 1 heterocycles. The second-order valence-electron chi connectivity index (χ2n) is 17.4. The number of carbonyl (C=O) groups excluding carboxylic acids is 5. The van der Waals surface area contributed by atoms with Crippen LogP contribution in [0.2, 0.25) is 0 Å². The number of ketones is 1. The number of hydrogen-bond acceptors (Lipinski definition) is 7. The number of likely N-dealkylation sites (tertiary alicyclic amines) is 1. The molecule has 1 saturated heterocycles. The quantitative estimate of drug-likeness (QED) is 0.223. The molecule has 0 bridgehead atoms. The van der Waals surface area contributed by atoms with Gasteiger partial charge < -0.3 is 26.6 Å². The van der Waals surface area contributed by atoms with Gasteiger partial charge in [0.1, 0.15) is 12.1 Å². The average Bonchev–Trinajstić information content (AvgIpc) is 3.70. The zero-order valence-electron chi connectivity index (χ0n) is 30.6. The first kappa shape index (κ1) is 39.1. The van der Waals surface area contributed by atoms with E-state index in [0.717, 1.165) is 64.2 Å². The second kappa shape index (κ2) is 15.3. The van der Waals surface area contributed by atoms with Crippen molar-refractivity contribution in [3.05, 3.63) is 0 Å². The van der Waals surface area contributed by atoms with Crippen molar-refractivity contribution >= 4 is 39.4 Å². The molecule has 5 N–H and O–H groups in total. The SMILES string of the molecule is CC(C)(C)C1CCN(C(=O)[C@@H](NC(=O)NC2(CS(=O)(=O)C(C)(C)C)CCCCC2)C2CCCCC2)C1C(=O)NC(CC1CC1)C(=O)C(N)=O. The molecule has 0 aromatic carbocycles. The van der Waals surface area contributed by atoms with E-state index in [1.54, 1.807) is 25.7 Å². The number of sulfone groups is 1. The van der Waals surface area contributed by atoms with Crippen LogP contribution < -0.4 is 21.7 Å². The molecule has 13 heteroatoms. The zero-order chi connectivity index (χ0) is 36.4. The largest absolute Gasteiger partial charge is 0.363 e. The molecule has 3 saturated carbocycles. The number of carbonyl (C=O) groups is 5. The van der Waals surface area contributed by atoms with Gasteiger partial charge in [0.05, 0.1) is 22.1 Å². The van der Waals surface area contributed by atoms with Crippen molar-refractivity contribution in [1.29, 1.82) is 0 Å². The minimum absolute atomic E-state index is 0.149. The highest BCUT2D eigenvalue weighted by atomic mass is 32.2. The normalized spacial score (nSPS) is 24.8. The Kier molecular flexibility index (Phi) is 12.2. The minimum Gasteiger partial charge on any atom is -0.363 e. The molecular weight excluding hydrogens is 646 g/mol. The maximum absolute atomic E-state index is 14.7. The number of nitrogens with two attached hydrogens (primary N) is 1. The van der Waals surface area contributed by atoms with Gasteiger partial charge in [-0.25, -0.2) is 13.2 Å². The van der Waals surface area contributed by atoms with Gasteiger partial charge in [-0.1, -0.05) is 72.1 Å². The average molecular weight is 708 g/mol. The number of hydrogen-bond donors (Lipinski definition) is 4. The summed E-state index contributed by atoms with van der Waals surface area (Å²) in [6.07, 6.45) is 10.7. The van der Waals surface area contributed by atoms with Crippen LogP contribution in [0.3, 0.4) is 0 Å². The van der Waals surface area contributed by atoms with Crippen molar-refractivity contribution in [1.82, 2.24) is 20.9 Å². The predicted octanol–water partition coefficient (Wildman–Crippen LogP) is 3.75. The highest BCUT2D eigenvalue weighted by molar-refractivity contribution is 7.92. The minimum atomic E-state index is -3.56. The number of primary amides is 1. The number of urea groups is 1. The van der Waals surface area contributed by atoms with Crippen molar-refractivity contribution in [2.75, 3.05) is 12.3 Å². The van der Waals surface area contributed by atoms with E-state index in [2.05, 4.69) is 16.0 Å². The lowest BCUT2D eigenvalue weighted by molar-refractivity contribution is -0.144. The second-order valence-corrected chi connectivity index (χ2v) is 20.1. The van der Waals surface area contributed by atoms with Crippen molar-refractivity contribution in [3.63, 3.8) is 0 Å². The summed E-state index contributed by atoms with van der Waals surface area (Å²) in [4.78, 5) is 68.9. The Morgan fingerprint density at radius 1 is 0.837 bits per heavy atom. The molecule has 12 nitrogen and oxygen atoms in total. The van der Waals surface area contributed by atoms with E-state index in [1.165, 1.54) is 0 Å². The summed E-state index contributed by atoms with van der Waals surface area (Å²) in [7, 11) is -3.56. The van der Waals surface area contributed by atoms with E-state index >= 15 is 0 Å². The Bertz CT molecular complexity index is 1350. The van der Waals surface area contributed by atoms with Crippen molar-refractivity contribution in [2.24, 2.45) is 28.9 Å². The van der Waals surface area contributed by atoms with Crippen LogP contribution in [0, 0.1) is 23.2 Å². The molecule has 1 aliphatic heterocycles. The van der Waals surface area contributed by atoms with Crippen LogP contribution in [0.4, 0.5) is 4.79 Å². The summed E-state index contributed by atoms with van der Waals surface area (Å²) in [5.41, 5.74) is 4.04. The van der Waals surface area contributed by atoms with Crippen LogP contribution in [-0.4, -0.2) is 83.6 Å². The Morgan fingerprint density at radius 2 is 1.43 bits per heavy atom. The molecule has 0 aromatic rings. The molecule has 0 spiro atoms. The number of nitrogens with one attached hydrogen (secondary N) is 3. The summed E-state index contributed by atoms with van der Waals surface area (Å²) in [6.45, 7) is 11.4. The Labute approximate surface area is 293 Å². The highest BCUT2D eigenvalue weighted by Crippen LogP contribution is 2.41. The molecule has 3 unspecified atom stereocenters. The summed E-state index contributed by atoms with van der Waals surface area (Å²) in [5, 5.41) is 8.86. The third-order valence-electron chi connectivity index (χ3n) is 11.5. The molecule has 3 aliphatic carbocycles. The van der Waals surface area contributed by atoms with Gasteiger partial charge in [-0.3, -0.25) is 19.2 Å². The molecule has 4 atom stereocenters. The van der Waals surface area contributed by atoms with Gasteiger partial charge in [0.25, 0.3) is 5.91 Å². The van der Waals surface area contributed by atoms with E-state index < -0.39 is 61.9 Å². The van der Waals surface area contributed by atoms with Crippen LogP contribution in [0.15, 0.2) is 0 Å². The lowest BCUT2D eigenvalue weighted by Crippen LogP contribution is -2.63. The first-order chi connectivity index (χ1) is 22.7. The van der Waals surface area contributed by atoms with Gasteiger partial charge in [0.15, 0.2) is 9.84 Å². The standard InChI is InChI=1S/C36H61N5O7S/c1-34(2,3)25-17-20-41(28(25)31(44)38-26(21-23-15-16-23)29(42)30(37)43)32(45)27(24-13-9-7-10-14-24)39-33(46)40-36(18-11-8-12-19-36)22-49(47,48)35(4,5)6/h23-28H,7-22H2,1-6H3,(H2,37,43)(H,38,44)(H2,39,40,46)/t25?,26?,27-,28?/m0/s1. The third kappa shape index (κ3) is 9.76. The van der Waals surface area contributed by atoms with E-state index in [9.17, 15) is 32.4 Å². The van der Waals surface area contributed by atoms with Crippen molar-refractivity contribution in [3.8, 4) is 0 Å². The smallest absolute Gasteiger partial charge is 0.315 e. The molecular formula is C36H61N5O7S. The van der Waals surface area contributed by atoms with Crippen LogP contribution in [-0.2, 0) is 29.0 Å². The van der Waals surface area contributed by atoms with Gasteiger partial charge in [-0.2, -0.15) is 0 Å². The molecule has 4 fully saturated rings. The maximum atomic E-state index is 14.7. The topological polar surface area (TPSA) is 185 Å². The Balaban J connectivity index is 1.61. The van der Waals surface area contributed by atoms with Crippen molar-refractivity contribution < 1.29 is 32.4 Å². The molecule has 49 heavy (non-hydrogen) atoms. The number of nitrogens with zero attached hydrogens (tertiary/aromatic N) is 1. The van der Waals surface area contributed by atoms with Gasteiger partial charge in [0, 0.05) is 6.54 Å². The Hall–Kier alpha value is -2.70. The summed E-state index contributed by atoms with van der Waals surface area (Å²) in [5.74, 6) is -3.12. The maximum Gasteiger partial charge on any atom is 0.315 e. The van der Waals surface area contributed by atoms with Gasteiger partial charge in [-0.15, -0.1) is 0 Å².